The SMILES string of the molecule is Cc1ccc(NS(=O)(=O)c2ccc(NC(=S)NC(=O)c3cccc(OCC(C)C)c3)cc2)c(C)c1. The van der Waals surface area contributed by atoms with Crippen molar-refractivity contribution in [2.24, 2.45) is 5.92 Å². The van der Waals surface area contributed by atoms with Crippen LogP contribution in [-0.4, -0.2) is 26.0 Å². The van der Waals surface area contributed by atoms with Crippen molar-refractivity contribution < 1.29 is 17.9 Å². The fraction of sp³-hybridized carbons (Fsp3) is 0.231. The lowest BCUT2D eigenvalue weighted by atomic mass is 10.1. The van der Waals surface area contributed by atoms with Gasteiger partial charge in [0.05, 0.1) is 17.2 Å². The van der Waals surface area contributed by atoms with Gasteiger partial charge in [0, 0.05) is 11.3 Å². The second-order valence-electron chi connectivity index (χ2n) is 8.59. The lowest BCUT2D eigenvalue weighted by molar-refractivity contribution is 0.0977. The summed E-state index contributed by atoms with van der Waals surface area (Å²) in [7, 11) is -3.76. The number of benzene rings is 3. The standard InChI is InChI=1S/C26H29N3O4S2/c1-17(2)16-33-22-7-5-6-20(15-22)25(30)28-26(34)27-21-9-11-23(12-10-21)35(31,32)29-24-13-8-18(3)14-19(24)4/h5-15,17,29H,16H2,1-4H3,(H2,27,28,30,34). The first-order chi connectivity index (χ1) is 16.5. The maximum Gasteiger partial charge on any atom is 0.261 e. The average molecular weight is 512 g/mol. The van der Waals surface area contributed by atoms with Crippen LogP contribution in [0.1, 0.15) is 35.3 Å². The molecule has 0 atom stereocenters. The number of rotatable bonds is 8. The molecule has 3 rings (SSSR count). The quantitative estimate of drug-likeness (QED) is 0.357. The van der Waals surface area contributed by atoms with Gasteiger partial charge in [-0.05, 0) is 86.1 Å². The van der Waals surface area contributed by atoms with E-state index in [0.29, 0.717) is 35.2 Å². The molecule has 0 spiro atoms. The molecule has 0 aliphatic rings. The van der Waals surface area contributed by atoms with Gasteiger partial charge < -0.3 is 10.1 Å². The monoisotopic (exact) mass is 511 g/mol. The molecule has 0 saturated heterocycles. The molecular weight excluding hydrogens is 482 g/mol. The van der Waals surface area contributed by atoms with Crippen molar-refractivity contribution in [3.63, 3.8) is 0 Å². The molecule has 3 aromatic carbocycles. The Morgan fingerprint density at radius 3 is 2.37 bits per heavy atom. The van der Waals surface area contributed by atoms with Crippen molar-refractivity contribution in [2.75, 3.05) is 16.6 Å². The highest BCUT2D eigenvalue weighted by atomic mass is 32.2. The van der Waals surface area contributed by atoms with Gasteiger partial charge in [-0.3, -0.25) is 14.8 Å². The highest BCUT2D eigenvalue weighted by Gasteiger charge is 2.16. The number of nitrogens with one attached hydrogen (secondary N) is 3. The molecule has 7 nitrogen and oxygen atoms in total. The van der Waals surface area contributed by atoms with Crippen LogP contribution in [0.4, 0.5) is 11.4 Å². The van der Waals surface area contributed by atoms with Crippen LogP contribution < -0.4 is 20.1 Å². The van der Waals surface area contributed by atoms with E-state index in [-0.39, 0.29) is 15.9 Å². The van der Waals surface area contributed by atoms with Crippen LogP contribution in [0.5, 0.6) is 5.75 Å². The summed E-state index contributed by atoms with van der Waals surface area (Å²) in [5.74, 6) is 0.596. The van der Waals surface area contributed by atoms with Gasteiger partial charge in [0.2, 0.25) is 0 Å². The summed E-state index contributed by atoms with van der Waals surface area (Å²) in [5.41, 5.74) is 3.37. The fourth-order valence-corrected chi connectivity index (χ4v) is 4.52. The highest BCUT2D eigenvalue weighted by Crippen LogP contribution is 2.22. The molecule has 0 aliphatic heterocycles. The average Bonchev–Trinajstić information content (AvgIpc) is 2.80. The largest absolute Gasteiger partial charge is 0.493 e. The summed E-state index contributed by atoms with van der Waals surface area (Å²) in [6.45, 7) is 8.44. The fourth-order valence-electron chi connectivity index (χ4n) is 3.18. The lowest BCUT2D eigenvalue weighted by Gasteiger charge is -2.13. The molecule has 0 radical (unpaired) electrons. The van der Waals surface area contributed by atoms with Crippen LogP contribution in [0.15, 0.2) is 71.6 Å². The van der Waals surface area contributed by atoms with Gasteiger partial charge in [0.25, 0.3) is 15.9 Å². The molecule has 0 aromatic heterocycles. The Balaban J connectivity index is 1.60. The summed E-state index contributed by atoms with van der Waals surface area (Å²) in [6.07, 6.45) is 0. The van der Waals surface area contributed by atoms with E-state index in [2.05, 4.69) is 15.4 Å². The topological polar surface area (TPSA) is 96.5 Å². The highest BCUT2D eigenvalue weighted by molar-refractivity contribution is 7.92. The Morgan fingerprint density at radius 2 is 1.71 bits per heavy atom. The third-order valence-electron chi connectivity index (χ3n) is 4.96. The van der Waals surface area contributed by atoms with Gasteiger partial charge >= 0.3 is 0 Å². The van der Waals surface area contributed by atoms with Crippen LogP contribution >= 0.6 is 12.2 Å². The summed E-state index contributed by atoms with van der Waals surface area (Å²) < 4.78 is 33.8. The molecule has 0 bridgehead atoms. The van der Waals surface area contributed by atoms with Gasteiger partial charge in [0.1, 0.15) is 5.75 Å². The van der Waals surface area contributed by atoms with Gasteiger partial charge in [-0.15, -0.1) is 0 Å². The number of hydrogen-bond acceptors (Lipinski definition) is 5. The Bertz CT molecular complexity index is 1320. The predicted octanol–water partition coefficient (Wildman–Crippen LogP) is 5.27. The Hall–Kier alpha value is -3.43. The number of ether oxygens (including phenoxy) is 1. The van der Waals surface area contributed by atoms with Crippen LogP contribution in [0.3, 0.4) is 0 Å². The molecular formula is C26H29N3O4S2. The predicted molar refractivity (Wildman–Crippen MR) is 144 cm³/mol. The minimum absolute atomic E-state index is 0.0903. The lowest BCUT2D eigenvalue weighted by Crippen LogP contribution is -2.34. The van der Waals surface area contributed by atoms with E-state index < -0.39 is 10.0 Å². The molecule has 184 valence electrons. The third-order valence-corrected chi connectivity index (χ3v) is 6.54. The van der Waals surface area contributed by atoms with Crippen molar-refractivity contribution in [3.8, 4) is 5.75 Å². The molecule has 9 heteroatoms. The number of hydrogen-bond donors (Lipinski definition) is 3. The van der Waals surface area contributed by atoms with Crippen LogP contribution in [0, 0.1) is 19.8 Å². The zero-order valence-corrected chi connectivity index (χ0v) is 21.7. The third kappa shape index (κ3) is 7.53. The van der Waals surface area contributed by atoms with Crippen LogP contribution in [0.2, 0.25) is 0 Å². The minimum Gasteiger partial charge on any atom is -0.493 e. The van der Waals surface area contributed by atoms with Crippen molar-refractivity contribution in [2.45, 2.75) is 32.6 Å². The van der Waals surface area contributed by atoms with E-state index in [9.17, 15) is 13.2 Å². The van der Waals surface area contributed by atoms with Gasteiger partial charge in [-0.2, -0.15) is 0 Å². The van der Waals surface area contributed by atoms with Crippen molar-refractivity contribution in [1.29, 1.82) is 0 Å². The van der Waals surface area contributed by atoms with E-state index in [1.165, 1.54) is 12.1 Å². The molecule has 3 N–H and O–H groups in total. The number of carbonyl (C=O) groups excluding carboxylic acids is 1. The first-order valence-electron chi connectivity index (χ1n) is 11.1. The van der Waals surface area contributed by atoms with E-state index in [0.717, 1.165) is 11.1 Å². The molecule has 0 heterocycles. The summed E-state index contributed by atoms with van der Waals surface area (Å²) in [6, 6.07) is 18.5. The number of anilines is 2. The van der Waals surface area contributed by atoms with E-state index in [1.54, 1.807) is 42.5 Å². The van der Waals surface area contributed by atoms with Gasteiger partial charge in [-0.1, -0.05) is 37.6 Å². The second-order valence-corrected chi connectivity index (χ2v) is 10.7. The minimum atomic E-state index is -3.76. The molecule has 1 amide bonds. The molecule has 0 unspecified atom stereocenters. The zero-order valence-electron chi connectivity index (χ0n) is 20.1. The summed E-state index contributed by atoms with van der Waals surface area (Å²) in [5, 5.41) is 5.60. The number of amides is 1. The first kappa shape index (κ1) is 26.2. The number of thiocarbonyl (C=S) groups is 1. The van der Waals surface area contributed by atoms with Crippen LogP contribution in [-0.2, 0) is 10.0 Å². The Kier molecular flexibility index (Phi) is 8.48. The van der Waals surface area contributed by atoms with Crippen molar-refractivity contribution in [3.05, 3.63) is 83.4 Å². The first-order valence-corrected chi connectivity index (χ1v) is 13.0. The van der Waals surface area contributed by atoms with Crippen molar-refractivity contribution >= 4 is 44.6 Å². The molecule has 35 heavy (non-hydrogen) atoms. The van der Waals surface area contributed by atoms with E-state index in [1.807, 2.05) is 39.8 Å². The van der Waals surface area contributed by atoms with E-state index in [4.69, 9.17) is 17.0 Å². The Morgan fingerprint density at radius 1 is 1.00 bits per heavy atom. The zero-order chi connectivity index (χ0) is 25.6. The Labute approximate surface area is 212 Å². The van der Waals surface area contributed by atoms with E-state index >= 15 is 0 Å². The van der Waals surface area contributed by atoms with Crippen LogP contribution in [0.25, 0.3) is 0 Å². The van der Waals surface area contributed by atoms with Crippen molar-refractivity contribution in [1.82, 2.24) is 5.32 Å². The molecule has 0 saturated carbocycles. The summed E-state index contributed by atoms with van der Waals surface area (Å²) in [4.78, 5) is 12.7. The maximum atomic E-state index is 12.8. The summed E-state index contributed by atoms with van der Waals surface area (Å²) >= 11 is 5.24. The second kappa shape index (κ2) is 11.3. The van der Waals surface area contributed by atoms with Gasteiger partial charge in [-0.25, -0.2) is 8.42 Å². The molecule has 0 fully saturated rings. The number of sulfonamides is 1. The normalized spacial score (nSPS) is 11.1. The molecule has 0 aliphatic carbocycles. The number of carbonyl (C=O) groups is 1. The molecule has 3 aromatic rings. The smallest absolute Gasteiger partial charge is 0.261 e. The number of aryl methyl sites for hydroxylation is 2. The maximum absolute atomic E-state index is 12.8. The van der Waals surface area contributed by atoms with Gasteiger partial charge in [0.15, 0.2) is 5.11 Å².